The van der Waals surface area contributed by atoms with E-state index in [9.17, 15) is 0 Å². The first-order valence-corrected chi connectivity index (χ1v) is 9.81. The maximum atomic E-state index is 6.13. The lowest BCUT2D eigenvalue weighted by Crippen LogP contribution is -2.30. The Kier molecular flexibility index (Phi) is 5.24. The fourth-order valence-corrected chi connectivity index (χ4v) is 5.13. The second-order valence-electron chi connectivity index (χ2n) is 5.35. The van der Waals surface area contributed by atoms with Gasteiger partial charge in [-0.25, -0.2) is 4.98 Å². The molecule has 1 aliphatic heterocycles. The zero-order valence-corrected chi connectivity index (χ0v) is 14.7. The van der Waals surface area contributed by atoms with Crippen molar-refractivity contribution in [2.45, 2.75) is 43.2 Å². The predicted molar refractivity (Wildman–Crippen MR) is 94.1 cm³/mol. The Morgan fingerprint density at radius 1 is 1.29 bits per heavy atom. The van der Waals surface area contributed by atoms with Gasteiger partial charge in [-0.05, 0) is 49.1 Å². The van der Waals surface area contributed by atoms with Crippen LogP contribution in [0.25, 0.3) is 10.2 Å². The average Bonchev–Trinajstić information content (AvgIpc) is 2.90. The van der Waals surface area contributed by atoms with Crippen LogP contribution in [0.15, 0.2) is 10.3 Å². The lowest BCUT2D eigenvalue weighted by atomic mass is 10.1. The van der Waals surface area contributed by atoms with Gasteiger partial charge in [-0.1, -0.05) is 13.3 Å². The van der Waals surface area contributed by atoms with Crippen LogP contribution in [0.1, 0.15) is 39.0 Å². The van der Waals surface area contributed by atoms with Crippen LogP contribution in [0.4, 0.5) is 5.82 Å². The summed E-state index contributed by atoms with van der Waals surface area (Å²) >= 11 is 9.79. The number of rotatable bonds is 5. The Balaban J connectivity index is 1.91. The molecule has 21 heavy (non-hydrogen) atoms. The lowest BCUT2D eigenvalue weighted by molar-refractivity contribution is 0.574. The highest BCUT2D eigenvalue weighted by molar-refractivity contribution is 8.01. The number of piperidine rings is 1. The van der Waals surface area contributed by atoms with Gasteiger partial charge < -0.3 is 4.90 Å². The summed E-state index contributed by atoms with van der Waals surface area (Å²) in [6.45, 7) is 4.39. The molecule has 114 valence electrons. The molecule has 1 saturated heterocycles. The highest BCUT2D eigenvalue weighted by Gasteiger charge is 2.18. The molecule has 0 aliphatic carbocycles. The molecule has 0 spiro atoms. The molecule has 0 radical (unpaired) electrons. The van der Waals surface area contributed by atoms with Gasteiger partial charge in [-0.2, -0.15) is 4.98 Å². The van der Waals surface area contributed by atoms with Gasteiger partial charge >= 0.3 is 0 Å². The van der Waals surface area contributed by atoms with Crippen molar-refractivity contribution >= 4 is 50.7 Å². The number of anilines is 1. The van der Waals surface area contributed by atoms with Crippen molar-refractivity contribution in [3.8, 4) is 0 Å². The summed E-state index contributed by atoms with van der Waals surface area (Å²) in [6, 6.07) is 2.25. The first kappa shape index (κ1) is 15.4. The predicted octanol–water partition coefficient (Wildman–Crippen LogP) is 5.23. The number of unbranched alkanes of at least 4 members (excludes halogenated alkanes) is 1. The normalized spacial score (nSPS) is 15.8. The largest absolute Gasteiger partial charge is 0.356 e. The number of nitrogens with zero attached hydrogens (tertiary/aromatic N) is 3. The van der Waals surface area contributed by atoms with Crippen LogP contribution in [-0.4, -0.2) is 28.8 Å². The lowest BCUT2D eigenvalue weighted by Gasteiger charge is -2.28. The minimum absolute atomic E-state index is 0.370. The molecule has 2 aromatic heterocycles. The van der Waals surface area contributed by atoms with E-state index in [0.717, 1.165) is 23.7 Å². The van der Waals surface area contributed by atoms with Crippen LogP contribution in [0.3, 0.4) is 0 Å². The molecule has 0 N–H and O–H groups in total. The number of thioether (sulfide) groups is 1. The molecule has 0 unspecified atom stereocenters. The van der Waals surface area contributed by atoms with Gasteiger partial charge in [-0.3, -0.25) is 0 Å². The second kappa shape index (κ2) is 7.16. The van der Waals surface area contributed by atoms with E-state index in [1.807, 2.05) is 11.8 Å². The molecule has 3 heterocycles. The summed E-state index contributed by atoms with van der Waals surface area (Å²) in [5.74, 6) is 2.20. The topological polar surface area (TPSA) is 29.0 Å². The third-order valence-electron chi connectivity index (χ3n) is 3.72. The first-order chi connectivity index (χ1) is 10.3. The van der Waals surface area contributed by atoms with E-state index in [4.69, 9.17) is 11.6 Å². The first-order valence-electron chi connectivity index (χ1n) is 7.62. The Bertz CT molecular complexity index is 608. The molecule has 3 nitrogen and oxygen atoms in total. The maximum absolute atomic E-state index is 6.13. The van der Waals surface area contributed by atoms with Gasteiger partial charge in [0.05, 0.1) is 9.60 Å². The molecule has 0 amide bonds. The Labute approximate surface area is 139 Å². The van der Waals surface area contributed by atoms with E-state index < -0.39 is 0 Å². The van der Waals surface area contributed by atoms with Crippen molar-refractivity contribution in [1.29, 1.82) is 0 Å². The molecular weight excluding hydrogens is 322 g/mol. The molecule has 2 aromatic rings. The van der Waals surface area contributed by atoms with E-state index in [2.05, 4.69) is 27.9 Å². The SMILES string of the molecule is CCCCSc1cc2c(N3CCCCC3)nc(Cl)nc2s1. The van der Waals surface area contributed by atoms with Crippen LogP contribution < -0.4 is 4.90 Å². The summed E-state index contributed by atoms with van der Waals surface area (Å²) in [6.07, 6.45) is 6.30. The summed E-state index contributed by atoms with van der Waals surface area (Å²) in [4.78, 5) is 12.3. The van der Waals surface area contributed by atoms with Crippen LogP contribution in [0.5, 0.6) is 0 Å². The quantitative estimate of drug-likeness (QED) is 0.423. The standard InChI is InChI=1S/C15H20ClN3S2/c1-2-3-9-20-12-10-11-13(19-7-5-4-6-8-19)17-15(16)18-14(11)21-12/h10H,2-9H2,1H3. The Hall–Kier alpha value is -0.520. The molecule has 1 aliphatic rings. The Morgan fingerprint density at radius 3 is 2.86 bits per heavy atom. The molecule has 0 aromatic carbocycles. The van der Waals surface area contributed by atoms with Crippen molar-refractivity contribution < 1.29 is 0 Å². The molecule has 1 fully saturated rings. The van der Waals surface area contributed by atoms with Gasteiger partial charge in [0, 0.05) is 13.1 Å². The molecule has 0 saturated carbocycles. The minimum atomic E-state index is 0.370. The van der Waals surface area contributed by atoms with Crippen LogP contribution in [0, 0.1) is 0 Å². The van der Waals surface area contributed by atoms with E-state index in [1.54, 1.807) is 11.3 Å². The second-order valence-corrected chi connectivity index (χ2v) is 8.11. The van der Waals surface area contributed by atoms with Gasteiger partial charge in [0.1, 0.15) is 10.6 Å². The van der Waals surface area contributed by atoms with Gasteiger partial charge in [0.25, 0.3) is 0 Å². The van der Waals surface area contributed by atoms with E-state index in [0.29, 0.717) is 5.28 Å². The van der Waals surface area contributed by atoms with Gasteiger partial charge in [0.2, 0.25) is 5.28 Å². The molecular formula is C15H20ClN3S2. The van der Waals surface area contributed by atoms with Gasteiger partial charge in [0.15, 0.2) is 0 Å². The fraction of sp³-hybridized carbons (Fsp3) is 0.600. The Morgan fingerprint density at radius 2 is 2.10 bits per heavy atom. The zero-order valence-electron chi connectivity index (χ0n) is 12.3. The zero-order chi connectivity index (χ0) is 14.7. The van der Waals surface area contributed by atoms with Crippen LogP contribution >= 0.6 is 34.7 Å². The van der Waals surface area contributed by atoms with Crippen molar-refractivity contribution in [2.24, 2.45) is 0 Å². The monoisotopic (exact) mass is 341 g/mol. The number of hydrogen-bond donors (Lipinski definition) is 0. The fourth-order valence-electron chi connectivity index (χ4n) is 2.59. The van der Waals surface area contributed by atoms with E-state index in [1.165, 1.54) is 47.5 Å². The van der Waals surface area contributed by atoms with Crippen LogP contribution in [-0.2, 0) is 0 Å². The van der Waals surface area contributed by atoms with Crippen molar-refractivity contribution in [3.05, 3.63) is 11.3 Å². The number of thiophene rings is 1. The van der Waals surface area contributed by atoms with Crippen LogP contribution in [0.2, 0.25) is 5.28 Å². The van der Waals surface area contributed by atoms with Crippen molar-refractivity contribution in [3.63, 3.8) is 0 Å². The summed E-state index contributed by atoms with van der Waals surface area (Å²) in [7, 11) is 0. The van der Waals surface area contributed by atoms with Gasteiger partial charge in [-0.15, -0.1) is 23.1 Å². The van der Waals surface area contributed by atoms with Crippen molar-refractivity contribution in [1.82, 2.24) is 9.97 Å². The summed E-state index contributed by atoms with van der Waals surface area (Å²) in [5.41, 5.74) is 0. The number of halogens is 1. The molecule has 3 rings (SSSR count). The summed E-state index contributed by atoms with van der Waals surface area (Å²) < 4.78 is 1.33. The maximum Gasteiger partial charge on any atom is 0.225 e. The highest BCUT2D eigenvalue weighted by atomic mass is 35.5. The van der Waals surface area contributed by atoms with Crippen molar-refractivity contribution in [2.75, 3.05) is 23.7 Å². The number of fused-ring (bicyclic) bond motifs is 1. The number of aromatic nitrogens is 2. The molecule has 6 heteroatoms. The van der Waals surface area contributed by atoms with E-state index >= 15 is 0 Å². The summed E-state index contributed by atoms with van der Waals surface area (Å²) in [5, 5.41) is 1.54. The third-order valence-corrected chi connectivity index (χ3v) is 6.21. The minimum Gasteiger partial charge on any atom is -0.356 e. The third kappa shape index (κ3) is 3.63. The number of hydrogen-bond acceptors (Lipinski definition) is 5. The highest BCUT2D eigenvalue weighted by Crippen LogP contribution is 2.37. The molecule has 0 bridgehead atoms. The van der Waals surface area contributed by atoms with E-state index in [-0.39, 0.29) is 0 Å². The average molecular weight is 342 g/mol. The smallest absolute Gasteiger partial charge is 0.225 e. The molecule has 0 atom stereocenters.